The van der Waals surface area contributed by atoms with Gasteiger partial charge in [0.25, 0.3) is 0 Å². The third kappa shape index (κ3) is 11.2. The lowest BCUT2D eigenvalue weighted by atomic mass is 10.1. The van der Waals surface area contributed by atoms with E-state index >= 15 is 0 Å². The molecule has 0 radical (unpaired) electrons. The second-order valence-electron chi connectivity index (χ2n) is 6.71. The summed E-state index contributed by atoms with van der Waals surface area (Å²) >= 11 is 0. The first kappa shape index (κ1) is 24.8. The average Bonchev–Trinajstić information content (AvgIpc) is 2.62. The second-order valence-corrected chi connectivity index (χ2v) is 6.71. The minimum atomic E-state index is -1.07. The van der Waals surface area contributed by atoms with E-state index in [1.807, 2.05) is 6.92 Å². The van der Waals surface area contributed by atoms with Crippen molar-refractivity contribution in [2.75, 3.05) is 26.9 Å². The van der Waals surface area contributed by atoms with E-state index in [4.69, 9.17) is 18.9 Å². The molecule has 152 valence electrons. The van der Waals surface area contributed by atoms with Gasteiger partial charge in [0.1, 0.15) is 6.10 Å². The lowest BCUT2D eigenvalue weighted by molar-refractivity contribution is -0.410. The van der Waals surface area contributed by atoms with Gasteiger partial charge >= 0.3 is 5.97 Å². The SMILES string of the molecule is CCCCCCCCC(OCCCC)C(OC)(OCC)OCCCC. The van der Waals surface area contributed by atoms with Gasteiger partial charge in [-0.2, -0.15) is 0 Å². The van der Waals surface area contributed by atoms with Gasteiger partial charge in [0.2, 0.25) is 0 Å². The molecule has 0 aromatic carbocycles. The number of methoxy groups -OCH3 is 1. The van der Waals surface area contributed by atoms with Crippen LogP contribution in [0.15, 0.2) is 0 Å². The zero-order valence-electron chi connectivity index (χ0n) is 17.6. The predicted octanol–water partition coefficient (Wildman–Crippen LogP) is 6.08. The molecule has 2 unspecified atom stereocenters. The average molecular weight is 361 g/mol. The Bertz CT molecular complexity index is 273. The Morgan fingerprint density at radius 2 is 1.28 bits per heavy atom. The summed E-state index contributed by atoms with van der Waals surface area (Å²) < 4.78 is 23.9. The van der Waals surface area contributed by atoms with Crippen molar-refractivity contribution in [2.45, 2.75) is 110 Å². The molecule has 0 N–H and O–H groups in total. The summed E-state index contributed by atoms with van der Waals surface area (Å²) in [6.45, 7) is 10.5. The van der Waals surface area contributed by atoms with Gasteiger partial charge in [0, 0.05) is 20.3 Å². The number of unbranched alkanes of at least 4 members (excludes halogenated alkanes) is 7. The maximum atomic E-state index is 6.17. The van der Waals surface area contributed by atoms with Gasteiger partial charge in [-0.1, -0.05) is 72.1 Å². The highest BCUT2D eigenvalue weighted by molar-refractivity contribution is 4.73. The first-order valence-electron chi connectivity index (χ1n) is 10.6. The summed E-state index contributed by atoms with van der Waals surface area (Å²) in [5.74, 6) is -1.07. The Morgan fingerprint density at radius 3 is 1.88 bits per heavy atom. The maximum Gasteiger partial charge on any atom is 0.310 e. The summed E-state index contributed by atoms with van der Waals surface area (Å²) in [7, 11) is 1.67. The first-order valence-corrected chi connectivity index (χ1v) is 10.6. The second kappa shape index (κ2) is 17.3. The molecule has 25 heavy (non-hydrogen) atoms. The summed E-state index contributed by atoms with van der Waals surface area (Å²) in [5, 5.41) is 0. The van der Waals surface area contributed by atoms with E-state index in [1.165, 1.54) is 32.1 Å². The molecule has 2 atom stereocenters. The largest absolute Gasteiger partial charge is 0.370 e. The molecular formula is C21H44O4. The Kier molecular flexibility index (Phi) is 17.2. The van der Waals surface area contributed by atoms with Crippen LogP contribution in [-0.2, 0) is 18.9 Å². The van der Waals surface area contributed by atoms with E-state index < -0.39 is 5.97 Å². The highest BCUT2D eigenvalue weighted by atomic mass is 16.9. The highest BCUT2D eigenvalue weighted by Gasteiger charge is 2.42. The topological polar surface area (TPSA) is 36.9 Å². The van der Waals surface area contributed by atoms with E-state index in [2.05, 4.69) is 20.8 Å². The molecule has 0 aliphatic carbocycles. The molecule has 4 nitrogen and oxygen atoms in total. The van der Waals surface area contributed by atoms with Crippen LogP contribution < -0.4 is 0 Å². The molecule has 0 heterocycles. The molecule has 0 rings (SSSR count). The van der Waals surface area contributed by atoms with E-state index in [9.17, 15) is 0 Å². The van der Waals surface area contributed by atoms with Crippen molar-refractivity contribution < 1.29 is 18.9 Å². The van der Waals surface area contributed by atoms with Crippen LogP contribution in [0.4, 0.5) is 0 Å². The molecule has 4 heteroatoms. The van der Waals surface area contributed by atoms with E-state index in [0.717, 1.165) is 45.1 Å². The lowest BCUT2D eigenvalue weighted by Gasteiger charge is -2.38. The van der Waals surface area contributed by atoms with Crippen molar-refractivity contribution in [1.82, 2.24) is 0 Å². The molecular weight excluding hydrogens is 316 g/mol. The molecule has 0 spiro atoms. The zero-order valence-corrected chi connectivity index (χ0v) is 17.6. The van der Waals surface area contributed by atoms with Crippen molar-refractivity contribution in [3.63, 3.8) is 0 Å². The van der Waals surface area contributed by atoms with Crippen molar-refractivity contribution in [3.05, 3.63) is 0 Å². The van der Waals surface area contributed by atoms with Crippen molar-refractivity contribution in [3.8, 4) is 0 Å². The van der Waals surface area contributed by atoms with E-state index in [0.29, 0.717) is 13.2 Å². The Labute approximate surface area is 156 Å². The van der Waals surface area contributed by atoms with Crippen molar-refractivity contribution in [2.24, 2.45) is 0 Å². The number of hydrogen-bond donors (Lipinski definition) is 0. The third-order valence-corrected chi connectivity index (χ3v) is 4.46. The summed E-state index contributed by atoms with van der Waals surface area (Å²) in [4.78, 5) is 0. The number of ether oxygens (including phenoxy) is 4. The van der Waals surface area contributed by atoms with Crippen LogP contribution in [0, 0.1) is 0 Å². The van der Waals surface area contributed by atoms with E-state index in [-0.39, 0.29) is 6.10 Å². The van der Waals surface area contributed by atoms with Crippen molar-refractivity contribution in [1.29, 1.82) is 0 Å². The first-order chi connectivity index (χ1) is 12.2. The van der Waals surface area contributed by atoms with Gasteiger partial charge in [-0.05, 0) is 26.2 Å². The highest BCUT2D eigenvalue weighted by Crippen LogP contribution is 2.27. The zero-order chi connectivity index (χ0) is 18.8. The molecule has 0 amide bonds. The molecule has 0 aliphatic heterocycles. The number of rotatable bonds is 19. The van der Waals surface area contributed by atoms with Crippen LogP contribution in [0.2, 0.25) is 0 Å². The van der Waals surface area contributed by atoms with Crippen LogP contribution in [0.1, 0.15) is 98.3 Å². The summed E-state index contributed by atoms with van der Waals surface area (Å²) in [6.07, 6.45) is 12.6. The van der Waals surface area contributed by atoms with Gasteiger partial charge < -0.3 is 18.9 Å². The fraction of sp³-hybridized carbons (Fsp3) is 1.00. The molecule has 0 aliphatic rings. The molecule has 0 aromatic heterocycles. The minimum Gasteiger partial charge on any atom is -0.370 e. The van der Waals surface area contributed by atoms with Gasteiger partial charge in [0.05, 0.1) is 6.61 Å². The smallest absolute Gasteiger partial charge is 0.310 e. The lowest BCUT2D eigenvalue weighted by Crippen LogP contribution is -2.51. The van der Waals surface area contributed by atoms with E-state index in [1.54, 1.807) is 7.11 Å². The van der Waals surface area contributed by atoms with Crippen LogP contribution in [0.25, 0.3) is 0 Å². The Balaban J connectivity index is 4.73. The standard InChI is InChI=1S/C21H44O4/c1-6-10-13-14-15-16-17-20(23-18-11-7-2)21(22-5,24-9-4)25-19-12-8-3/h20H,6-19H2,1-5H3. The Hall–Kier alpha value is -0.160. The van der Waals surface area contributed by atoms with Gasteiger partial charge in [-0.3, -0.25) is 0 Å². The maximum absolute atomic E-state index is 6.17. The van der Waals surface area contributed by atoms with Crippen LogP contribution in [0.5, 0.6) is 0 Å². The monoisotopic (exact) mass is 360 g/mol. The van der Waals surface area contributed by atoms with Crippen molar-refractivity contribution >= 4 is 0 Å². The molecule has 0 saturated carbocycles. The summed E-state index contributed by atoms with van der Waals surface area (Å²) in [5.41, 5.74) is 0. The van der Waals surface area contributed by atoms with Gasteiger partial charge in [-0.15, -0.1) is 0 Å². The van der Waals surface area contributed by atoms with Crippen LogP contribution in [0.3, 0.4) is 0 Å². The quantitative estimate of drug-likeness (QED) is 0.207. The minimum absolute atomic E-state index is 0.174. The van der Waals surface area contributed by atoms with Crippen LogP contribution in [-0.4, -0.2) is 39.0 Å². The fourth-order valence-electron chi connectivity index (χ4n) is 2.88. The van der Waals surface area contributed by atoms with Gasteiger partial charge in [0.15, 0.2) is 0 Å². The molecule has 0 bridgehead atoms. The molecule has 0 saturated heterocycles. The third-order valence-electron chi connectivity index (χ3n) is 4.46. The molecule has 0 aromatic rings. The number of hydrogen-bond acceptors (Lipinski definition) is 4. The van der Waals surface area contributed by atoms with Crippen LogP contribution >= 0.6 is 0 Å². The predicted molar refractivity (Wildman–Crippen MR) is 105 cm³/mol. The summed E-state index contributed by atoms with van der Waals surface area (Å²) in [6, 6.07) is 0. The normalized spacial score (nSPS) is 15.2. The van der Waals surface area contributed by atoms with Gasteiger partial charge in [-0.25, -0.2) is 0 Å². The molecule has 0 fully saturated rings. The fourth-order valence-corrected chi connectivity index (χ4v) is 2.88. The Morgan fingerprint density at radius 1 is 0.680 bits per heavy atom.